The van der Waals surface area contributed by atoms with Gasteiger partial charge in [-0.2, -0.15) is 5.10 Å². The number of halogens is 1. The summed E-state index contributed by atoms with van der Waals surface area (Å²) >= 11 is 3.44. The van der Waals surface area contributed by atoms with Crippen LogP contribution in [0.25, 0.3) is 0 Å². The summed E-state index contributed by atoms with van der Waals surface area (Å²) in [6.07, 6.45) is 5.20. The topological polar surface area (TPSA) is 72.5 Å². The summed E-state index contributed by atoms with van der Waals surface area (Å²) in [7, 11) is 0. The molecule has 0 saturated heterocycles. The molecule has 2 aromatic rings. The summed E-state index contributed by atoms with van der Waals surface area (Å²) in [4.78, 5) is 7.15. The molecule has 0 aromatic carbocycles. The van der Waals surface area contributed by atoms with E-state index >= 15 is 0 Å². The molecular weight excluding hydrogens is 258 g/mol. The summed E-state index contributed by atoms with van der Waals surface area (Å²) in [5.74, 6) is 0.742. The number of aromatic nitrogens is 4. The second-order valence-corrected chi connectivity index (χ2v) is 4.00. The van der Waals surface area contributed by atoms with Gasteiger partial charge in [0, 0.05) is 18.9 Å². The molecule has 0 aliphatic heterocycles. The molecule has 0 amide bonds. The second kappa shape index (κ2) is 4.16. The molecule has 0 aliphatic rings. The third-order valence-corrected chi connectivity index (χ3v) is 2.85. The Morgan fingerprint density at radius 3 is 3.07 bits per heavy atom. The third kappa shape index (κ3) is 1.82. The Labute approximate surface area is 95.8 Å². The Bertz CT molecular complexity index is 433. The van der Waals surface area contributed by atoms with Crippen molar-refractivity contribution in [2.75, 3.05) is 0 Å². The number of nitrogens with one attached hydrogen (secondary N) is 1. The molecule has 0 bridgehead atoms. The van der Waals surface area contributed by atoms with Gasteiger partial charge in [0.05, 0.1) is 16.4 Å². The Balaban J connectivity index is 2.40. The Hall–Kier alpha value is -1.14. The van der Waals surface area contributed by atoms with E-state index in [-0.39, 0.29) is 6.04 Å². The third-order valence-electron chi connectivity index (χ3n) is 2.24. The average Bonchev–Trinajstić information content (AvgIpc) is 2.85. The zero-order chi connectivity index (χ0) is 10.8. The van der Waals surface area contributed by atoms with Gasteiger partial charge in [-0.25, -0.2) is 4.98 Å². The maximum atomic E-state index is 6.10. The van der Waals surface area contributed by atoms with Crippen molar-refractivity contribution in [2.45, 2.75) is 19.5 Å². The first kappa shape index (κ1) is 10.4. The van der Waals surface area contributed by atoms with Gasteiger partial charge in [0.15, 0.2) is 0 Å². The monoisotopic (exact) mass is 269 g/mol. The number of imidazole rings is 1. The van der Waals surface area contributed by atoms with Crippen LogP contribution in [0.1, 0.15) is 24.5 Å². The van der Waals surface area contributed by atoms with Crippen LogP contribution in [0.2, 0.25) is 0 Å². The minimum Gasteiger partial charge on any atom is -0.347 e. The molecule has 80 valence electrons. The van der Waals surface area contributed by atoms with Crippen LogP contribution in [0.5, 0.6) is 0 Å². The molecular formula is C9H12BrN5. The molecule has 1 unspecified atom stereocenters. The van der Waals surface area contributed by atoms with E-state index in [4.69, 9.17) is 5.73 Å². The summed E-state index contributed by atoms with van der Waals surface area (Å²) in [6.45, 7) is 2.81. The van der Waals surface area contributed by atoms with E-state index in [0.717, 1.165) is 22.5 Å². The van der Waals surface area contributed by atoms with Gasteiger partial charge in [-0.15, -0.1) is 0 Å². The van der Waals surface area contributed by atoms with Crippen molar-refractivity contribution in [3.63, 3.8) is 0 Å². The molecule has 0 radical (unpaired) electrons. The van der Waals surface area contributed by atoms with E-state index in [1.54, 1.807) is 18.6 Å². The van der Waals surface area contributed by atoms with Gasteiger partial charge in [0.1, 0.15) is 11.9 Å². The fraction of sp³-hybridized carbons (Fsp3) is 0.333. The Morgan fingerprint density at radius 2 is 2.47 bits per heavy atom. The summed E-state index contributed by atoms with van der Waals surface area (Å²) in [6, 6.07) is -0.281. The molecule has 0 saturated carbocycles. The lowest BCUT2D eigenvalue weighted by molar-refractivity contribution is 0.591. The van der Waals surface area contributed by atoms with E-state index in [1.807, 2.05) is 11.6 Å². The summed E-state index contributed by atoms with van der Waals surface area (Å²) in [5.41, 5.74) is 7.04. The molecule has 2 aromatic heterocycles. The van der Waals surface area contributed by atoms with Gasteiger partial charge in [0.2, 0.25) is 0 Å². The maximum Gasteiger partial charge on any atom is 0.129 e. The molecule has 0 fully saturated rings. The van der Waals surface area contributed by atoms with Crippen molar-refractivity contribution in [1.82, 2.24) is 19.7 Å². The Morgan fingerprint density at radius 1 is 1.67 bits per heavy atom. The van der Waals surface area contributed by atoms with Crippen LogP contribution in [0, 0.1) is 0 Å². The minimum absolute atomic E-state index is 0.281. The van der Waals surface area contributed by atoms with Gasteiger partial charge >= 0.3 is 0 Å². The number of nitrogens with two attached hydrogens (primary N) is 1. The van der Waals surface area contributed by atoms with Crippen LogP contribution < -0.4 is 5.73 Å². The highest BCUT2D eigenvalue weighted by atomic mass is 79.9. The highest BCUT2D eigenvalue weighted by Gasteiger charge is 2.19. The molecule has 6 heteroatoms. The molecule has 1 atom stereocenters. The van der Waals surface area contributed by atoms with Crippen LogP contribution in [-0.4, -0.2) is 19.7 Å². The largest absolute Gasteiger partial charge is 0.347 e. The van der Waals surface area contributed by atoms with E-state index < -0.39 is 0 Å². The smallest absolute Gasteiger partial charge is 0.129 e. The van der Waals surface area contributed by atoms with Crippen molar-refractivity contribution in [1.29, 1.82) is 0 Å². The normalized spacial score (nSPS) is 13.0. The Kier molecular flexibility index (Phi) is 2.88. The van der Waals surface area contributed by atoms with Crippen LogP contribution >= 0.6 is 15.9 Å². The molecule has 2 heterocycles. The number of aromatic amines is 1. The number of H-pyrrole nitrogens is 1. The number of rotatable bonds is 3. The van der Waals surface area contributed by atoms with Gasteiger partial charge in [0.25, 0.3) is 0 Å². The number of aryl methyl sites for hydroxylation is 1. The van der Waals surface area contributed by atoms with Gasteiger partial charge < -0.3 is 10.7 Å². The van der Waals surface area contributed by atoms with Crippen molar-refractivity contribution in [3.05, 3.63) is 34.6 Å². The summed E-state index contributed by atoms with van der Waals surface area (Å²) in [5, 5.41) is 4.21. The highest BCUT2D eigenvalue weighted by molar-refractivity contribution is 9.10. The number of nitrogens with zero attached hydrogens (tertiary/aromatic N) is 3. The standard InChI is InChI=1S/C9H12BrN5/c1-2-15-8(6(10)5-14-15)7(11)9-12-3-4-13-9/h3-5,7H,2,11H2,1H3,(H,12,13). The lowest BCUT2D eigenvalue weighted by Crippen LogP contribution is -2.18. The van der Waals surface area contributed by atoms with Crippen LogP contribution in [-0.2, 0) is 6.54 Å². The van der Waals surface area contributed by atoms with Crippen molar-refractivity contribution in [3.8, 4) is 0 Å². The van der Waals surface area contributed by atoms with Crippen molar-refractivity contribution < 1.29 is 0 Å². The fourth-order valence-corrected chi connectivity index (χ4v) is 2.05. The molecule has 3 N–H and O–H groups in total. The van der Waals surface area contributed by atoms with Gasteiger partial charge in [-0.1, -0.05) is 0 Å². The van der Waals surface area contributed by atoms with Crippen LogP contribution in [0.3, 0.4) is 0 Å². The molecule has 5 nitrogen and oxygen atoms in total. The van der Waals surface area contributed by atoms with E-state index in [1.165, 1.54) is 0 Å². The molecule has 0 spiro atoms. The zero-order valence-electron chi connectivity index (χ0n) is 8.31. The fourth-order valence-electron chi connectivity index (χ4n) is 1.51. The first-order valence-corrected chi connectivity index (χ1v) is 5.49. The first-order valence-electron chi connectivity index (χ1n) is 4.70. The average molecular weight is 270 g/mol. The van der Waals surface area contributed by atoms with Crippen LogP contribution in [0.15, 0.2) is 23.1 Å². The first-order chi connectivity index (χ1) is 7.24. The van der Waals surface area contributed by atoms with Crippen LogP contribution in [0.4, 0.5) is 0 Å². The SMILES string of the molecule is CCn1ncc(Br)c1C(N)c1ncc[nH]1. The quantitative estimate of drug-likeness (QED) is 0.886. The predicted octanol–water partition coefficient (Wildman–Crippen LogP) is 1.44. The lowest BCUT2D eigenvalue weighted by atomic mass is 10.2. The lowest BCUT2D eigenvalue weighted by Gasteiger charge is -2.11. The molecule has 2 rings (SSSR count). The predicted molar refractivity (Wildman–Crippen MR) is 60.2 cm³/mol. The number of hydrogen-bond donors (Lipinski definition) is 2. The van der Waals surface area contributed by atoms with E-state index in [9.17, 15) is 0 Å². The zero-order valence-corrected chi connectivity index (χ0v) is 9.90. The highest BCUT2D eigenvalue weighted by Crippen LogP contribution is 2.24. The van der Waals surface area contributed by atoms with Gasteiger partial charge in [-0.3, -0.25) is 4.68 Å². The van der Waals surface area contributed by atoms with Crippen molar-refractivity contribution >= 4 is 15.9 Å². The summed E-state index contributed by atoms with van der Waals surface area (Å²) < 4.78 is 2.77. The minimum atomic E-state index is -0.281. The van der Waals surface area contributed by atoms with Crippen molar-refractivity contribution in [2.24, 2.45) is 5.73 Å². The maximum absolute atomic E-state index is 6.10. The second-order valence-electron chi connectivity index (χ2n) is 3.15. The molecule has 15 heavy (non-hydrogen) atoms. The van der Waals surface area contributed by atoms with E-state index in [2.05, 4.69) is 31.0 Å². The van der Waals surface area contributed by atoms with Gasteiger partial charge in [-0.05, 0) is 22.9 Å². The van der Waals surface area contributed by atoms with E-state index in [0.29, 0.717) is 0 Å². The molecule has 0 aliphatic carbocycles. The number of hydrogen-bond acceptors (Lipinski definition) is 3.